The average molecular weight is 353 g/mol. The second-order valence-corrected chi connectivity index (χ2v) is 5.71. The van der Waals surface area contributed by atoms with Crippen molar-refractivity contribution >= 4 is 5.95 Å². The molecule has 0 aliphatic carbocycles. The van der Waals surface area contributed by atoms with Crippen LogP contribution in [-0.2, 0) is 12.7 Å². The van der Waals surface area contributed by atoms with Crippen molar-refractivity contribution in [3.05, 3.63) is 41.9 Å². The van der Waals surface area contributed by atoms with E-state index in [9.17, 15) is 13.2 Å². The summed E-state index contributed by atoms with van der Waals surface area (Å²) in [4.78, 5) is 16.1. The average Bonchev–Trinajstić information content (AvgIpc) is 2.62. The Bertz CT molecular complexity index is 717. The molecule has 134 valence electrons. The van der Waals surface area contributed by atoms with E-state index in [2.05, 4.69) is 19.9 Å². The number of aromatic nitrogens is 3. The molecular formula is C16H18F3N5O. The molecule has 0 aromatic carbocycles. The number of hydrogen-bond acceptors (Lipinski definition) is 6. The molecule has 0 spiro atoms. The van der Waals surface area contributed by atoms with Crippen molar-refractivity contribution in [1.29, 1.82) is 0 Å². The van der Waals surface area contributed by atoms with Crippen molar-refractivity contribution in [3.8, 4) is 5.88 Å². The molecule has 0 N–H and O–H groups in total. The smallest absolute Gasteiger partial charge is 0.433 e. The fourth-order valence-corrected chi connectivity index (χ4v) is 2.69. The van der Waals surface area contributed by atoms with E-state index >= 15 is 0 Å². The van der Waals surface area contributed by atoms with E-state index in [1.165, 1.54) is 6.20 Å². The Morgan fingerprint density at radius 3 is 2.48 bits per heavy atom. The topological polar surface area (TPSA) is 54.4 Å². The normalized spacial score (nSPS) is 16.1. The van der Waals surface area contributed by atoms with E-state index in [1.54, 1.807) is 25.4 Å². The second-order valence-electron chi connectivity index (χ2n) is 5.71. The maximum Gasteiger partial charge on any atom is 0.433 e. The van der Waals surface area contributed by atoms with Crippen LogP contribution in [0.2, 0.25) is 0 Å². The van der Waals surface area contributed by atoms with Gasteiger partial charge < -0.3 is 9.64 Å². The zero-order valence-electron chi connectivity index (χ0n) is 13.7. The molecule has 25 heavy (non-hydrogen) atoms. The monoisotopic (exact) mass is 353 g/mol. The predicted molar refractivity (Wildman–Crippen MR) is 85.3 cm³/mol. The summed E-state index contributed by atoms with van der Waals surface area (Å²) in [5.74, 6) is 1.10. The number of pyridine rings is 1. The predicted octanol–water partition coefficient (Wildman–Crippen LogP) is 2.22. The van der Waals surface area contributed by atoms with Gasteiger partial charge in [-0.2, -0.15) is 18.2 Å². The number of ether oxygens (including phenoxy) is 1. The van der Waals surface area contributed by atoms with E-state index in [0.717, 1.165) is 6.07 Å². The molecule has 9 heteroatoms. The highest BCUT2D eigenvalue weighted by atomic mass is 19.4. The summed E-state index contributed by atoms with van der Waals surface area (Å²) in [5, 5.41) is 0. The van der Waals surface area contributed by atoms with Gasteiger partial charge in [0.25, 0.3) is 0 Å². The quantitative estimate of drug-likeness (QED) is 0.840. The summed E-state index contributed by atoms with van der Waals surface area (Å²) >= 11 is 0. The minimum Gasteiger partial charge on any atom is -0.481 e. The lowest BCUT2D eigenvalue weighted by atomic mass is 10.2. The molecule has 1 fully saturated rings. The SMILES string of the molecule is COc1ccnc(N2CCN(Cc3ccnc(C(F)(F)F)c3)CC2)n1. The Morgan fingerprint density at radius 2 is 1.80 bits per heavy atom. The fourth-order valence-electron chi connectivity index (χ4n) is 2.69. The number of piperazine rings is 1. The van der Waals surface area contributed by atoms with Crippen molar-refractivity contribution in [2.24, 2.45) is 0 Å². The summed E-state index contributed by atoms with van der Waals surface area (Å²) in [6.45, 7) is 3.28. The molecule has 1 aliphatic rings. The van der Waals surface area contributed by atoms with Gasteiger partial charge in [-0.05, 0) is 17.7 Å². The van der Waals surface area contributed by atoms with Crippen LogP contribution in [-0.4, -0.2) is 53.1 Å². The molecule has 1 aliphatic heterocycles. The van der Waals surface area contributed by atoms with Gasteiger partial charge in [-0.1, -0.05) is 0 Å². The number of nitrogens with zero attached hydrogens (tertiary/aromatic N) is 5. The zero-order valence-corrected chi connectivity index (χ0v) is 13.7. The Morgan fingerprint density at radius 1 is 1.08 bits per heavy atom. The summed E-state index contributed by atoms with van der Waals surface area (Å²) in [7, 11) is 1.55. The zero-order chi connectivity index (χ0) is 17.9. The summed E-state index contributed by atoms with van der Waals surface area (Å²) in [6, 6.07) is 4.41. The number of halogens is 3. The van der Waals surface area contributed by atoms with E-state index in [4.69, 9.17) is 4.74 Å². The van der Waals surface area contributed by atoms with E-state index in [-0.39, 0.29) is 0 Å². The first-order chi connectivity index (χ1) is 12.0. The van der Waals surface area contributed by atoms with E-state index < -0.39 is 11.9 Å². The standard InChI is InChI=1S/C16H18F3N5O/c1-25-14-3-5-21-15(22-14)24-8-6-23(7-9-24)11-12-2-4-20-13(10-12)16(17,18)19/h2-5,10H,6-9,11H2,1H3. The number of methoxy groups -OCH3 is 1. The van der Waals surface area contributed by atoms with E-state index in [1.807, 2.05) is 4.90 Å². The summed E-state index contributed by atoms with van der Waals surface area (Å²) in [5.41, 5.74) is -0.248. The van der Waals surface area contributed by atoms with Gasteiger partial charge in [0, 0.05) is 51.2 Å². The Hall–Kier alpha value is -2.42. The molecule has 0 amide bonds. The van der Waals surface area contributed by atoms with Crippen molar-refractivity contribution in [1.82, 2.24) is 19.9 Å². The molecule has 0 saturated carbocycles. The van der Waals surface area contributed by atoms with Gasteiger partial charge in [0.2, 0.25) is 11.8 Å². The van der Waals surface area contributed by atoms with Gasteiger partial charge >= 0.3 is 6.18 Å². The molecular weight excluding hydrogens is 335 g/mol. The van der Waals surface area contributed by atoms with Crippen molar-refractivity contribution < 1.29 is 17.9 Å². The van der Waals surface area contributed by atoms with Crippen LogP contribution in [0.4, 0.5) is 19.1 Å². The van der Waals surface area contributed by atoms with Crippen LogP contribution in [0.25, 0.3) is 0 Å². The Balaban J connectivity index is 1.59. The first kappa shape index (κ1) is 17.4. The van der Waals surface area contributed by atoms with Crippen LogP contribution in [0.15, 0.2) is 30.6 Å². The summed E-state index contributed by atoms with van der Waals surface area (Å²) < 4.78 is 43.3. The van der Waals surface area contributed by atoms with Crippen molar-refractivity contribution in [2.45, 2.75) is 12.7 Å². The third kappa shape index (κ3) is 4.36. The molecule has 1 saturated heterocycles. The highest BCUT2D eigenvalue weighted by molar-refractivity contribution is 5.32. The largest absolute Gasteiger partial charge is 0.481 e. The molecule has 3 rings (SSSR count). The molecule has 2 aromatic heterocycles. The maximum atomic E-state index is 12.7. The second kappa shape index (κ2) is 7.22. The third-order valence-electron chi connectivity index (χ3n) is 4.00. The van der Waals surface area contributed by atoms with Crippen molar-refractivity contribution in [3.63, 3.8) is 0 Å². The number of rotatable bonds is 4. The van der Waals surface area contributed by atoms with Gasteiger partial charge in [0.05, 0.1) is 7.11 Å². The minimum absolute atomic E-state index is 0.457. The molecule has 6 nitrogen and oxygen atoms in total. The van der Waals surface area contributed by atoms with Gasteiger partial charge in [-0.3, -0.25) is 9.88 Å². The lowest BCUT2D eigenvalue weighted by Crippen LogP contribution is -2.46. The number of alkyl halides is 3. The van der Waals surface area contributed by atoms with Gasteiger partial charge in [-0.25, -0.2) is 4.98 Å². The first-order valence-electron chi connectivity index (χ1n) is 7.82. The highest BCUT2D eigenvalue weighted by Crippen LogP contribution is 2.28. The lowest BCUT2D eigenvalue weighted by molar-refractivity contribution is -0.141. The first-order valence-corrected chi connectivity index (χ1v) is 7.82. The van der Waals surface area contributed by atoms with Gasteiger partial charge in [0.15, 0.2) is 0 Å². The van der Waals surface area contributed by atoms with Crippen LogP contribution in [0.1, 0.15) is 11.3 Å². The van der Waals surface area contributed by atoms with Crippen LogP contribution in [0, 0.1) is 0 Å². The fraction of sp³-hybridized carbons (Fsp3) is 0.438. The van der Waals surface area contributed by atoms with Crippen molar-refractivity contribution in [2.75, 3.05) is 38.2 Å². The lowest BCUT2D eigenvalue weighted by Gasteiger charge is -2.34. The highest BCUT2D eigenvalue weighted by Gasteiger charge is 2.32. The summed E-state index contributed by atoms with van der Waals surface area (Å²) in [6.07, 6.45) is -1.57. The van der Waals surface area contributed by atoms with E-state index in [0.29, 0.717) is 50.1 Å². The Kier molecular flexibility index (Phi) is 5.03. The Labute approximate surface area is 143 Å². The number of anilines is 1. The van der Waals surface area contributed by atoms with Gasteiger partial charge in [-0.15, -0.1) is 0 Å². The minimum atomic E-state index is -4.42. The van der Waals surface area contributed by atoms with Crippen LogP contribution >= 0.6 is 0 Å². The van der Waals surface area contributed by atoms with Crippen LogP contribution < -0.4 is 9.64 Å². The number of hydrogen-bond donors (Lipinski definition) is 0. The van der Waals surface area contributed by atoms with Gasteiger partial charge in [0.1, 0.15) is 5.69 Å². The van der Waals surface area contributed by atoms with Crippen LogP contribution in [0.3, 0.4) is 0 Å². The molecule has 0 radical (unpaired) electrons. The third-order valence-corrected chi connectivity index (χ3v) is 4.00. The molecule has 0 bridgehead atoms. The maximum absolute atomic E-state index is 12.7. The van der Waals surface area contributed by atoms with Crippen LogP contribution in [0.5, 0.6) is 5.88 Å². The molecule has 0 atom stereocenters. The molecule has 3 heterocycles. The molecule has 2 aromatic rings. The molecule has 0 unspecified atom stereocenters.